The number of amides is 2. The summed E-state index contributed by atoms with van der Waals surface area (Å²) in [6.45, 7) is 4.03. The van der Waals surface area contributed by atoms with Crippen molar-refractivity contribution >= 4 is 45.0 Å². The molecule has 52 heavy (non-hydrogen) atoms. The lowest BCUT2D eigenvalue weighted by Crippen LogP contribution is -2.13. The molecule has 0 aliphatic rings. The average molecular weight is 675 g/mol. The number of carbonyl (C=O) groups excluding carboxylic acids is 2. The van der Waals surface area contributed by atoms with Gasteiger partial charge in [-0.3, -0.25) is 9.59 Å². The second-order valence-electron chi connectivity index (χ2n) is 12.9. The van der Waals surface area contributed by atoms with Crippen molar-refractivity contribution < 1.29 is 9.59 Å². The molecule has 0 radical (unpaired) electrons. The fraction of sp³-hybridized carbons (Fsp3) is 0.0435. The molecule has 6 nitrogen and oxygen atoms in total. The summed E-state index contributed by atoms with van der Waals surface area (Å²) in [5.41, 5.74) is 11.1. The Morgan fingerprint density at radius 3 is 1.19 bits per heavy atom. The number of aryl methyl sites for hydroxylation is 2. The van der Waals surface area contributed by atoms with Crippen molar-refractivity contribution in [2.75, 3.05) is 10.6 Å². The van der Waals surface area contributed by atoms with Gasteiger partial charge in [0.25, 0.3) is 11.8 Å². The SMILES string of the molecule is Cc1ccc(NC(=O)c2cc(-c3ccccc3)nc3ccc(-c4ccc5nc(-c6ccccc6)cc(C(=O)Nc6ccc(C)cc6)c5c4)cc23)cc1. The molecule has 2 N–H and O–H groups in total. The zero-order chi connectivity index (χ0) is 35.6. The van der Waals surface area contributed by atoms with E-state index in [1.807, 2.05) is 172 Å². The highest BCUT2D eigenvalue weighted by molar-refractivity contribution is 6.15. The molecule has 0 fully saturated rings. The molecule has 6 aromatic carbocycles. The van der Waals surface area contributed by atoms with E-state index in [0.29, 0.717) is 44.9 Å². The summed E-state index contributed by atoms with van der Waals surface area (Å²) in [7, 11) is 0. The van der Waals surface area contributed by atoms with Gasteiger partial charge < -0.3 is 10.6 Å². The monoisotopic (exact) mass is 674 g/mol. The number of anilines is 2. The van der Waals surface area contributed by atoms with Crippen molar-refractivity contribution in [1.82, 2.24) is 9.97 Å². The molecular formula is C46H34N4O2. The number of rotatable bonds is 7. The predicted octanol–water partition coefficient (Wildman–Crippen LogP) is 10.9. The van der Waals surface area contributed by atoms with Crippen molar-refractivity contribution in [2.45, 2.75) is 13.8 Å². The van der Waals surface area contributed by atoms with E-state index in [1.54, 1.807) is 0 Å². The molecule has 6 heteroatoms. The van der Waals surface area contributed by atoms with Crippen LogP contribution in [-0.4, -0.2) is 21.8 Å². The van der Waals surface area contributed by atoms with E-state index < -0.39 is 0 Å². The van der Waals surface area contributed by atoms with E-state index in [9.17, 15) is 9.59 Å². The normalized spacial score (nSPS) is 11.0. The van der Waals surface area contributed by atoms with Gasteiger partial charge in [-0.05, 0) is 85.6 Å². The first-order chi connectivity index (χ1) is 25.4. The second-order valence-corrected chi connectivity index (χ2v) is 12.9. The maximum Gasteiger partial charge on any atom is 0.256 e. The summed E-state index contributed by atoms with van der Waals surface area (Å²) in [4.78, 5) is 37.9. The Morgan fingerprint density at radius 2 is 0.808 bits per heavy atom. The highest BCUT2D eigenvalue weighted by Crippen LogP contribution is 2.33. The summed E-state index contributed by atoms with van der Waals surface area (Å²) in [5.74, 6) is -0.450. The Labute approximate surface area is 301 Å². The molecule has 250 valence electrons. The summed E-state index contributed by atoms with van der Waals surface area (Å²) in [5, 5.41) is 7.60. The van der Waals surface area contributed by atoms with E-state index in [-0.39, 0.29) is 11.8 Å². The number of fused-ring (bicyclic) bond motifs is 2. The average Bonchev–Trinajstić information content (AvgIpc) is 3.19. The third-order valence-corrected chi connectivity index (χ3v) is 9.20. The lowest BCUT2D eigenvalue weighted by Gasteiger charge is -2.14. The topological polar surface area (TPSA) is 84.0 Å². The summed E-state index contributed by atoms with van der Waals surface area (Å²) in [6.07, 6.45) is 0. The van der Waals surface area contributed by atoms with Gasteiger partial charge in [0, 0.05) is 33.3 Å². The Morgan fingerprint density at radius 1 is 0.423 bits per heavy atom. The first-order valence-electron chi connectivity index (χ1n) is 17.1. The molecule has 2 amide bonds. The highest BCUT2D eigenvalue weighted by Gasteiger charge is 2.18. The molecule has 2 heterocycles. The quantitative estimate of drug-likeness (QED) is 0.176. The predicted molar refractivity (Wildman–Crippen MR) is 212 cm³/mol. The minimum absolute atomic E-state index is 0.225. The zero-order valence-electron chi connectivity index (χ0n) is 28.7. The van der Waals surface area contributed by atoms with Crippen molar-refractivity contribution in [2.24, 2.45) is 0 Å². The van der Waals surface area contributed by atoms with Crippen molar-refractivity contribution in [3.63, 3.8) is 0 Å². The molecule has 0 unspecified atom stereocenters. The first kappa shape index (κ1) is 32.3. The van der Waals surface area contributed by atoms with Crippen LogP contribution in [0.5, 0.6) is 0 Å². The van der Waals surface area contributed by atoms with Crippen LogP contribution in [0.15, 0.2) is 158 Å². The lowest BCUT2D eigenvalue weighted by molar-refractivity contribution is 0.102. The lowest BCUT2D eigenvalue weighted by atomic mass is 9.96. The van der Waals surface area contributed by atoms with Gasteiger partial charge in [0.1, 0.15) is 0 Å². The highest BCUT2D eigenvalue weighted by atomic mass is 16.2. The smallest absolute Gasteiger partial charge is 0.256 e. The number of nitrogens with one attached hydrogen (secondary N) is 2. The zero-order valence-corrected chi connectivity index (χ0v) is 28.7. The molecule has 0 aliphatic heterocycles. The van der Waals surface area contributed by atoms with Crippen molar-refractivity contribution in [3.8, 4) is 33.6 Å². The van der Waals surface area contributed by atoms with Gasteiger partial charge >= 0.3 is 0 Å². The van der Waals surface area contributed by atoms with Crippen LogP contribution >= 0.6 is 0 Å². The van der Waals surface area contributed by atoms with Gasteiger partial charge in [0.2, 0.25) is 0 Å². The summed E-state index contributed by atoms with van der Waals surface area (Å²) >= 11 is 0. The molecule has 0 saturated carbocycles. The van der Waals surface area contributed by atoms with Crippen molar-refractivity contribution in [1.29, 1.82) is 0 Å². The number of aromatic nitrogens is 2. The van der Waals surface area contributed by atoms with Crippen LogP contribution in [0.25, 0.3) is 55.4 Å². The van der Waals surface area contributed by atoms with Crippen LogP contribution in [0.3, 0.4) is 0 Å². The van der Waals surface area contributed by atoms with Gasteiger partial charge in [-0.2, -0.15) is 0 Å². The Bertz CT molecular complexity index is 2420. The molecule has 8 aromatic rings. The van der Waals surface area contributed by atoms with E-state index >= 15 is 0 Å². The number of carbonyl (C=O) groups is 2. The van der Waals surface area contributed by atoms with E-state index in [1.165, 1.54) is 0 Å². The minimum Gasteiger partial charge on any atom is -0.322 e. The maximum absolute atomic E-state index is 14.0. The number of pyridine rings is 2. The van der Waals surface area contributed by atoms with Gasteiger partial charge in [-0.15, -0.1) is 0 Å². The Kier molecular flexibility index (Phi) is 8.55. The van der Waals surface area contributed by atoms with Crippen molar-refractivity contribution in [3.05, 3.63) is 180 Å². The van der Waals surface area contributed by atoms with Crippen LogP contribution in [0, 0.1) is 13.8 Å². The maximum atomic E-state index is 14.0. The van der Waals surface area contributed by atoms with Gasteiger partial charge in [0.05, 0.1) is 33.5 Å². The summed E-state index contributed by atoms with van der Waals surface area (Å²) < 4.78 is 0. The van der Waals surface area contributed by atoms with Crippen LogP contribution in [-0.2, 0) is 0 Å². The van der Waals surface area contributed by atoms with Crippen LogP contribution in [0.4, 0.5) is 11.4 Å². The fourth-order valence-corrected chi connectivity index (χ4v) is 6.37. The third-order valence-electron chi connectivity index (χ3n) is 9.20. The molecule has 0 atom stereocenters. The second kappa shape index (κ2) is 13.8. The van der Waals surface area contributed by atoms with Crippen LogP contribution < -0.4 is 10.6 Å². The van der Waals surface area contributed by atoms with E-state index in [4.69, 9.17) is 9.97 Å². The Hall–Kier alpha value is -6.92. The number of nitrogens with zero attached hydrogens (tertiary/aromatic N) is 2. The van der Waals surface area contributed by atoms with Gasteiger partial charge in [-0.1, -0.05) is 108 Å². The fourth-order valence-electron chi connectivity index (χ4n) is 6.37. The standard InChI is InChI=1S/C46H34N4O2/c1-29-13-19-35(20-14-29)47-45(51)39-27-43(31-9-5-3-6-10-31)49-41-23-17-33(25-37(39)41)34-18-24-42-38(26-34)40(28-44(50-42)32-11-7-4-8-12-32)46(52)48-36-21-15-30(2)16-22-36/h3-28H,1-2H3,(H,47,51)(H,48,52). The van der Waals surface area contributed by atoms with Gasteiger partial charge in [0.15, 0.2) is 0 Å². The molecule has 8 rings (SSSR count). The molecular weight excluding hydrogens is 641 g/mol. The molecule has 0 bridgehead atoms. The summed E-state index contributed by atoms with van der Waals surface area (Å²) in [6, 6.07) is 50.8. The largest absolute Gasteiger partial charge is 0.322 e. The third kappa shape index (κ3) is 6.65. The van der Waals surface area contributed by atoms with E-state index in [2.05, 4.69) is 10.6 Å². The number of benzene rings is 6. The first-order valence-corrected chi connectivity index (χ1v) is 17.1. The molecule has 2 aromatic heterocycles. The number of hydrogen-bond acceptors (Lipinski definition) is 4. The minimum atomic E-state index is -0.225. The molecule has 0 aliphatic carbocycles. The van der Waals surface area contributed by atoms with Crippen LogP contribution in [0.2, 0.25) is 0 Å². The number of hydrogen-bond donors (Lipinski definition) is 2. The molecule has 0 spiro atoms. The Balaban J connectivity index is 1.25. The molecule has 0 saturated heterocycles. The van der Waals surface area contributed by atoms with Gasteiger partial charge in [-0.25, -0.2) is 9.97 Å². The van der Waals surface area contributed by atoms with E-state index in [0.717, 1.165) is 44.2 Å². The van der Waals surface area contributed by atoms with Crippen LogP contribution in [0.1, 0.15) is 31.8 Å².